The van der Waals surface area contributed by atoms with E-state index in [9.17, 15) is 15.0 Å². The highest BCUT2D eigenvalue weighted by Crippen LogP contribution is 2.22. The third-order valence-electron chi connectivity index (χ3n) is 2.28. The van der Waals surface area contributed by atoms with E-state index in [1.54, 1.807) is 6.92 Å². The third-order valence-corrected chi connectivity index (χ3v) is 2.28. The van der Waals surface area contributed by atoms with Crippen LogP contribution in [-0.2, 0) is 6.42 Å². The maximum absolute atomic E-state index is 11.3. The first-order valence-corrected chi connectivity index (χ1v) is 5.15. The minimum atomic E-state index is -0.117. The molecule has 0 spiro atoms. The van der Waals surface area contributed by atoms with Crippen molar-refractivity contribution in [2.45, 2.75) is 13.3 Å². The molecule has 0 aliphatic carbocycles. The molecule has 2 N–H and O–H groups in total. The van der Waals surface area contributed by atoms with E-state index >= 15 is 0 Å². The first-order chi connectivity index (χ1) is 8.02. The molecule has 0 bridgehead atoms. The Morgan fingerprint density at radius 3 is 2.29 bits per heavy atom. The van der Waals surface area contributed by atoms with E-state index in [2.05, 4.69) is 0 Å². The molecule has 17 heavy (non-hydrogen) atoms. The average molecular weight is 232 g/mol. The summed E-state index contributed by atoms with van der Waals surface area (Å²) >= 11 is 0. The second kappa shape index (κ2) is 4.33. The molecule has 4 heteroatoms. The largest absolute Gasteiger partial charge is 0.508 e. The van der Waals surface area contributed by atoms with Gasteiger partial charge in [0.15, 0.2) is 5.43 Å². The summed E-state index contributed by atoms with van der Waals surface area (Å²) in [7, 11) is 0. The van der Waals surface area contributed by atoms with Crippen molar-refractivity contribution in [1.29, 1.82) is 0 Å². The third kappa shape index (κ3) is 2.87. The van der Waals surface area contributed by atoms with E-state index in [-0.39, 0.29) is 16.9 Å². The van der Waals surface area contributed by atoms with Gasteiger partial charge < -0.3 is 14.6 Å². The summed E-state index contributed by atoms with van der Waals surface area (Å²) in [6.07, 6.45) is 0.346. The molecule has 1 aromatic carbocycles. The van der Waals surface area contributed by atoms with Gasteiger partial charge in [-0.15, -0.1) is 0 Å². The molecule has 0 amide bonds. The van der Waals surface area contributed by atoms with Crippen molar-refractivity contribution < 1.29 is 14.6 Å². The number of benzene rings is 1. The Balaban J connectivity index is 2.34. The van der Waals surface area contributed by atoms with Gasteiger partial charge in [0, 0.05) is 24.6 Å². The van der Waals surface area contributed by atoms with Crippen LogP contribution < -0.4 is 5.43 Å². The molecule has 2 rings (SSSR count). The van der Waals surface area contributed by atoms with Gasteiger partial charge in [-0.2, -0.15) is 0 Å². The maximum Gasteiger partial charge on any atom is 0.185 e. The van der Waals surface area contributed by atoms with Crippen molar-refractivity contribution in [2.75, 3.05) is 0 Å². The van der Waals surface area contributed by atoms with Gasteiger partial charge in [0.1, 0.15) is 23.0 Å². The van der Waals surface area contributed by atoms with Crippen molar-refractivity contribution in [1.82, 2.24) is 0 Å². The highest BCUT2D eigenvalue weighted by molar-refractivity contribution is 5.38. The predicted molar refractivity (Wildman–Crippen MR) is 62.3 cm³/mol. The molecule has 0 saturated heterocycles. The van der Waals surface area contributed by atoms with E-state index in [0.29, 0.717) is 23.5 Å². The zero-order valence-electron chi connectivity index (χ0n) is 9.30. The highest BCUT2D eigenvalue weighted by atomic mass is 16.3. The summed E-state index contributed by atoms with van der Waals surface area (Å²) in [5.41, 5.74) is 0.560. The summed E-state index contributed by atoms with van der Waals surface area (Å²) in [6.45, 7) is 1.70. The van der Waals surface area contributed by atoms with Crippen LogP contribution in [0.2, 0.25) is 0 Å². The monoisotopic (exact) mass is 232 g/mol. The average Bonchev–Trinajstić information content (AvgIpc) is 2.13. The predicted octanol–water partition coefficient (Wildman–Crippen LogP) is 1.95. The molecule has 2 aromatic rings. The molecule has 0 saturated carbocycles. The van der Waals surface area contributed by atoms with Crippen molar-refractivity contribution in [3.8, 4) is 11.5 Å². The Hall–Kier alpha value is -2.23. The quantitative estimate of drug-likeness (QED) is 0.830. The number of aryl methyl sites for hydroxylation is 1. The van der Waals surface area contributed by atoms with Crippen molar-refractivity contribution in [3.05, 3.63) is 57.6 Å². The highest BCUT2D eigenvalue weighted by Gasteiger charge is 2.04. The molecule has 0 aliphatic heterocycles. The molecule has 1 heterocycles. The molecule has 4 nitrogen and oxygen atoms in total. The van der Waals surface area contributed by atoms with Gasteiger partial charge in [-0.1, -0.05) is 0 Å². The van der Waals surface area contributed by atoms with Crippen LogP contribution in [0.25, 0.3) is 0 Å². The van der Waals surface area contributed by atoms with Gasteiger partial charge in [0.25, 0.3) is 0 Å². The molecule has 0 fully saturated rings. The van der Waals surface area contributed by atoms with Crippen molar-refractivity contribution >= 4 is 0 Å². The van der Waals surface area contributed by atoms with Crippen LogP contribution in [-0.4, -0.2) is 10.2 Å². The lowest BCUT2D eigenvalue weighted by atomic mass is 10.1. The lowest BCUT2D eigenvalue weighted by molar-refractivity contribution is 0.447. The van der Waals surface area contributed by atoms with Crippen LogP contribution in [0.4, 0.5) is 0 Å². The molecule has 0 aliphatic rings. The molecule has 0 atom stereocenters. The lowest BCUT2D eigenvalue weighted by Gasteiger charge is -2.04. The van der Waals surface area contributed by atoms with Crippen LogP contribution in [0.3, 0.4) is 0 Å². The van der Waals surface area contributed by atoms with Gasteiger partial charge in [0.05, 0.1) is 0 Å². The van der Waals surface area contributed by atoms with Gasteiger partial charge in [-0.25, -0.2) is 0 Å². The van der Waals surface area contributed by atoms with Gasteiger partial charge >= 0.3 is 0 Å². The number of hydrogen-bond donors (Lipinski definition) is 2. The smallest absolute Gasteiger partial charge is 0.185 e. The molecule has 0 radical (unpaired) electrons. The summed E-state index contributed by atoms with van der Waals surface area (Å²) in [5, 5.41) is 18.7. The van der Waals surface area contributed by atoms with Crippen LogP contribution in [0.15, 0.2) is 39.5 Å². The minimum Gasteiger partial charge on any atom is -0.508 e. The maximum atomic E-state index is 11.3. The second-order valence-electron chi connectivity index (χ2n) is 3.90. The van der Waals surface area contributed by atoms with Gasteiger partial charge in [-0.05, 0) is 24.6 Å². The first kappa shape index (κ1) is 11.3. The van der Waals surface area contributed by atoms with Crippen LogP contribution in [0.1, 0.15) is 17.1 Å². The standard InChI is InChI=1S/C13H12O4/c1-8-2-10(14)7-13(17-8)5-9-3-11(15)6-12(16)4-9/h2-4,6-7,15-16H,5H2,1H3. The van der Waals surface area contributed by atoms with Crippen molar-refractivity contribution in [3.63, 3.8) is 0 Å². The second-order valence-corrected chi connectivity index (χ2v) is 3.90. The molecule has 1 aromatic heterocycles. The van der Waals surface area contributed by atoms with E-state index < -0.39 is 0 Å². The lowest BCUT2D eigenvalue weighted by Crippen LogP contribution is -2.01. The summed E-state index contributed by atoms with van der Waals surface area (Å²) in [6, 6.07) is 7.08. The Bertz CT molecular complexity index is 578. The minimum absolute atomic E-state index is 0.0185. The zero-order chi connectivity index (χ0) is 12.4. The van der Waals surface area contributed by atoms with Crippen LogP contribution >= 0.6 is 0 Å². The molecular weight excluding hydrogens is 220 g/mol. The van der Waals surface area contributed by atoms with E-state index in [1.165, 1.54) is 30.3 Å². The van der Waals surface area contributed by atoms with Crippen LogP contribution in [0.5, 0.6) is 11.5 Å². The number of hydrogen-bond acceptors (Lipinski definition) is 4. The number of phenolic OH excluding ortho intramolecular Hbond substituents is 2. The van der Waals surface area contributed by atoms with E-state index in [4.69, 9.17) is 4.42 Å². The summed E-state index contributed by atoms with van der Waals surface area (Å²) < 4.78 is 5.38. The Kier molecular flexibility index (Phi) is 2.87. The molecule has 0 unspecified atom stereocenters. The number of aromatic hydroxyl groups is 2. The van der Waals surface area contributed by atoms with E-state index in [1.807, 2.05) is 0 Å². The topological polar surface area (TPSA) is 70.7 Å². The fourth-order valence-electron chi connectivity index (χ4n) is 1.71. The van der Waals surface area contributed by atoms with Crippen LogP contribution in [0, 0.1) is 6.92 Å². The Labute approximate surface area is 97.8 Å². The zero-order valence-corrected chi connectivity index (χ0v) is 9.30. The summed E-state index contributed by atoms with van der Waals surface area (Å²) in [4.78, 5) is 11.3. The number of phenols is 2. The fourth-order valence-corrected chi connectivity index (χ4v) is 1.71. The molecule has 88 valence electrons. The van der Waals surface area contributed by atoms with Gasteiger partial charge in [0.2, 0.25) is 0 Å². The normalized spacial score (nSPS) is 10.4. The Morgan fingerprint density at radius 2 is 1.71 bits per heavy atom. The van der Waals surface area contributed by atoms with E-state index in [0.717, 1.165) is 0 Å². The summed E-state index contributed by atoms with van der Waals surface area (Å²) in [5.74, 6) is 1.00. The Morgan fingerprint density at radius 1 is 1.06 bits per heavy atom. The number of rotatable bonds is 2. The molecular formula is C13H12O4. The first-order valence-electron chi connectivity index (χ1n) is 5.15. The van der Waals surface area contributed by atoms with Gasteiger partial charge in [-0.3, -0.25) is 4.79 Å². The van der Waals surface area contributed by atoms with Crippen molar-refractivity contribution in [2.24, 2.45) is 0 Å². The fraction of sp³-hybridized carbons (Fsp3) is 0.154. The SMILES string of the molecule is Cc1cc(=O)cc(Cc2cc(O)cc(O)c2)o1.